The fourth-order valence-corrected chi connectivity index (χ4v) is 2.61. The van der Waals surface area contributed by atoms with Crippen molar-refractivity contribution in [2.75, 3.05) is 13.1 Å². The van der Waals surface area contributed by atoms with Gasteiger partial charge >= 0.3 is 0 Å². The quantitative estimate of drug-likeness (QED) is 0.691. The van der Waals surface area contributed by atoms with Crippen LogP contribution in [0, 0.1) is 5.92 Å². The van der Waals surface area contributed by atoms with Gasteiger partial charge in [-0.3, -0.25) is 0 Å². The molecule has 76 valence electrons. The molecule has 0 radical (unpaired) electrons. The van der Waals surface area contributed by atoms with Gasteiger partial charge < -0.3 is 10.6 Å². The highest BCUT2D eigenvalue weighted by atomic mass is 15.0. The summed E-state index contributed by atoms with van der Waals surface area (Å²) in [6.45, 7) is 4.74. The van der Waals surface area contributed by atoms with Crippen molar-refractivity contribution in [1.82, 2.24) is 10.6 Å². The lowest BCUT2D eigenvalue weighted by atomic mass is 10.1. The van der Waals surface area contributed by atoms with E-state index in [4.69, 9.17) is 0 Å². The predicted molar refractivity (Wildman–Crippen MR) is 55.8 cm³/mol. The summed E-state index contributed by atoms with van der Waals surface area (Å²) in [6, 6.07) is 1.58. The monoisotopic (exact) mass is 182 g/mol. The first-order valence-corrected chi connectivity index (χ1v) is 5.81. The molecule has 2 aliphatic rings. The second kappa shape index (κ2) is 4.43. The lowest BCUT2D eigenvalue weighted by Gasteiger charge is -2.16. The smallest absolute Gasteiger partial charge is 0.0195 e. The second-order valence-corrected chi connectivity index (χ2v) is 4.84. The lowest BCUT2D eigenvalue weighted by Crippen LogP contribution is -2.38. The number of nitrogens with one attached hydrogen (secondary N) is 2. The Kier molecular flexibility index (Phi) is 3.23. The van der Waals surface area contributed by atoms with Gasteiger partial charge in [0.15, 0.2) is 0 Å². The Labute approximate surface area is 81.5 Å². The summed E-state index contributed by atoms with van der Waals surface area (Å²) in [5.41, 5.74) is 0. The van der Waals surface area contributed by atoms with E-state index in [-0.39, 0.29) is 0 Å². The molecule has 0 aromatic rings. The molecule has 1 aliphatic heterocycles. The van der Waals surface area contributed by atoms with E-state index >= 15 is 0 Å². The maximum atomic E-state index is 3.68. The van der Waals surface area contributed by atoms with Crippen LogP contribution in [0.5, 0.6) is 0 Å². The van der Waals surface area contributed by atoms with Crippen molar-refractivity contribution in [3.63, 3.8) is 0 Å². The summed E-state index contributed by atoms with van der Waals surface area (Å²) >= 11 is 0. The summed E-state index contributed by atoms with van der Waals surface area (Å²) in [4.78, 5) is 0. The Hall–Kier alpha value is -0.0800. The van der Waals surface area contributed by atoms with Crippen LogP contribution in [0.25, 0.3) is 0 Å². The molecule has 1 saturated heterocycles. The number of rotatable bonds is 3. The molecule has 1 aliphatic carbocycles. The zero-order valence-electron chi connectivity index (χ0n) is 8.68. The molecule has 0 aromatic heterocycles. The molecule has 2 rings (SSSR count). The highest BCUT2D eigenvalue weighted by Gasteiger charge is 2.22. The molecule has 0 spiro atoms. The van der Waals surface area contributed by atoms with Crippen LogP contribution in [0.1, 0.15) is 39.0 Å². The van der Waals surface area contributed by atoms with Crippen molar-refractivity contribution in [2.24, 2.45) is 5.92 Å². The van der Waals surface area contributed by atoms with Gasteiger partial charge in [0.1, 0.15) is 0 Å². The van der Waals surface area contributed by atoms with Crippen LogP contribution >= 0.6 is 0 Å². The van der Waals surface area contributed by atoms with Gasteiger partial charge in [0.2, 0.25) is 0 Å². The normalized spacial score (nSPS) is 35.8. The Balaban J connectivity index is 1.62. The zero-order chi connectivity index (χ0) is 9.10. The maximum absolute atomic E-state index is 3.68. The molecule has 0 bridgehead atoms. The molecule has 0 aromatic carbocycles. The Morgan fingerprint density at radius 3 is 2.69 bits per heavy atom. The minimum atomic E-state index is 0.746. The fraction of sp³-hybridized carbons (Fsp3) is 1.00. The van der Waals surface area contributed by atoms with Crippen LogP contribution in [0.3, 0.4) is 0 Å². The van der Waals surface area contributed by atoms with Crippen LogP contribution in [0.15, 0.2) is 0 Å². The zero-order valence-corrected chi connectivity index (χ0v) is 8.68. The number of hydrogen-bond acceptors (Lipinski definition) is 2. The number of hydrogen-bond donors (Lipinski definition) is 2. The minimum Gasteiger partial charge on any atom is -0.312 e. The first-order chi connectivity index (χ1) is 6.34. The SMILES string of the molecule is CC1CNC(CNC2CCCC2)C1. The van der Waals surface area contributed by atoms with E-state index in [0.717, 1.165) is 18.0 Å². The molecule has 2 heteroatoms. The summed E-state index contributed by atoms with van der Waals surface area (Å²) in [5, 5.41) is 7.25. The molecule has 2 unspecified atom stereocenters. The standard InChI is InChI=1S/C11H22N2/c1-9-6-11(12-7-9)8-13-10-4-2-3-5-10/h9-13H,2-8H2,1H3. The van der Waals surface area contributed by atoms with Crippen molar-refractivity contribution in [1.29, 1.82) is 0 Å². The lowest BCUT2D eigenvalue weighted by molar-refractivity contribution is 0.461. The van der Waals surface area contributed by atoms with Gasteiger partial charge in [-0.05, 0) is 31.7 Å². The highest BCUT2D eigenvalue weighted by Crippen LogP contribution is 2.18. The second-order valence-electron chi connectivity index (χ2n) is 4.84. The minimum absolute atomic E-state index is 0.746. The molecule has 13 heavy (non-hydrogen) atoms. The molecule has 0 amide bonds. The van der Waals surface area contributed by atoms with Crippen LogP contribution in [0.2, 0.25) is 0 Å². The summed E-state index contributed by atoms with van der Waals surface area (Å²) in [7, 11) is 0. The van der Waals surface area contributed by atoms with E-state index in [1.807, 2.05) is 0 Å². The first kappa shape index (κ1) is 9.47. The molecular formula is C11H22N2. The third kappa shape index (κ3) is 2.68. The average Bonchev–Trinajstić information content (AvgIpc) is 2.71. The maximum Gasteiger partial charge on any atom is 0.0195 e. The van der Waals surface area contributed by atoms with E-state index in [1.54, 1.807) is 0 Å². The highest BCUT2D eigenvalue weighted by molar-refractivity contribution is 4.83. The van der Waals surface area contributed by atoms with Gasteiger partial charge in [0.25, 0.3) is 0 Å². The van der Waals surface area contributed by atoms with E-state index in [2.05, 4.69) is 17.6 Å². The molecule has 1 saturated carbocycles. The van der Waals surface area contributed by atoms with Gasteiger partial charge in [-0.25, -0.2) is 0 Å². The van der Waals surface area contributed by atoms with Crippen LogP contribution in [0.4, 0.5) is 0 Å². The molecule has 2 nitrogen and oxygen atoms in total. The molecular weight excluding hydrogens is 160 g/mol. The van der Waals surface area contributed by atoms with Crippen molar-refractivity contribution >= 4 is 0 Å². The van der Waals surface area contributed by atoms with E-state index in [0.29, 0.717) is 0 Å². The van der Waals surface area contributed by atoms with Crippen molar-refractivity contribution in [3.05, 3.63) is 0 Å². The van der Waals surface area contributed by atoms with E-state index in [9.17, 15) is 0 Å². The van der Waals surface area contributed by atoms with Gasteiger partial charge in [0, 0.05) is 18.6 Å². The molecule has 1 heterocycles. The largest absolute Gasteiger partial charge is 0.312 e. The van der Waals surface area contributed by atoms with Gasteiger partial charge in [-0.1, -0.05) is 19.8 Å². The summed E-state index contributed by atoms with van der Waals surface area (Å²) in [6.07, 6.45) is 7.04. The topological polar surface area (TPSA) is 24.1 Å². The van der Waals surface area contributed by atoms with Crippen LogP contribution in [-0.4, -0.2) is 25.2 Å². The van der Waals surface area contributed by atoms with Gasteiger partial charge in [-0.2, -0.15) is 0 Å². The van der Waals surface area contributed by atoms with E-state index in [1.165, 1.54) is 45.2 Å². The van der Waals surface area contributed by atoms with Crippen molar-refractivity contribution < 1.29 is 0 Å². The summed E-state index contributed by atoms with van der Waals surface area (Å²) < 4.78 is 0. The third-order valence-corrected chi connectivity index (χ3v) is 3.45. The Morgan fingerprint density at radius 2 is 2.08 bits per heavy atom. The molecule has 2 atom stereocenters. The van der Waals surface area contributed by atoms with Crippen molar-refractivity contribution in [3.8, 4) is 0 Å². The fourth-order valence-electron chi connectivity index (χ4n) is 2.61. The Morgan fingerprint density at radius 1 is 1.31 bits per heavy atom. The average molecular weight is 182 g/mol. The Bertz CT molecular complexity index is 152. The molecule has 2 fully saturated rings. The first-order valence-electron chi connectivity index (χ1n) is 5.81. The van der Waals surface area contributed by atoms with Crippen LogP contribution in [-0.2, 0) is 0 Å². The molecule has 2 N–H and O–H groups in total. The van der Waals surface area contributed by atoms with E-state index < -0.39 is 0 Å². The predicted octanol–water partition coefficient (Wildman–Crippen LogP) is 1.52. The summed E-state index contributed by atoms with van der Waals surface area (Å²) in [5.74, 6) is 0.885. The third-order valence-electron chi connectivity index (χ3n) is 3.45. The van der Waals surface area contributed by atoms with Crippen molar-refractivity contribution in [2.45, 2.75) is 51.1 Å². The van der Waals surface area contributed by atoms with Crippen LogP contribution < -0.4 is 10.6 Å². The van der Waals surface area contributed by atoms with Gasteiger partial charge in [0.05, 0.1) is 0 Å². The van der Waals surface area contributed by atoms with Gasteiger partial charge in [-0.15, -0.1) is 0 Å².